The van der Waals surface area contributed by atoms with Crippen LogP contribution in [0.2, 0.25) is 0 Å². The average molecular weight is 330 g/mol. The molecule has 0 fully saturated rings. The summed E-state index contributed by atoms with van der Waals surface area (Å²) in [4.78, 5) is 22.8. The van der Waals surface area contributed by atoms with Crippen molar-refractivity contribution in [1.82, 2.24) is 15.1 Å². The monoisotopic (exact) mass is 330 g/mol. The van der Waals surface area contributed by atoms with Crippen LogP contribution in [0.4, 0.5) is 5.69 Å². The van der Waals surface area contributed by atoms with Crippen LogP contribution in [0.15, 0.2) is 18.2 Å². The number of benzene rings is 1. The van der Waals surface area contributed by atoms with Gasteiger partial charge in [-0.2, -0.15) is 5.10 Å². The van der Waals surface area contributed by atoms with Crippen LogP contribution in [0, 0.1) is 30.9 Å². The Morgan fingerprint density at radius 1 is 1.33 bits per heavy atom. The van der Waals surface area contributed by atoms with E-state index in [-0.39, 0.29) is 17.6 Å². The van der Waals surface area contributed by atoms with Gasteiger partial charge in [0.15, 0.2) is 0 Å². The highest BCUT2D eigenvalue weighted by Gasteiger charge is 2.17. The van der Waals surface area contributed by atoms with E-state index in [0.29, 0.717) is 17.5 Å². The number of nitrogens with zero attached hydrogens (tertiary/aromatic N) is 3. The molecule has 24 heavy (non-hydrogen) atoms. The Kier molecular flexibility index (Phi) is 5.02. The smallest absolute Gasteiger partial charge is 0.270 e. The maximum absolute atomic E-state index is 12.4. The maximum Gasteiger partial charge on any atom is 0.270 e. The number of hydrogen-bond donors (Lipinski definition) is 1. The number of aryl methyl sites for hydroxylation is 3. The van der Waals surface area contributed by atoms with Crippen LogP contribution < -0.4 is 5.32 Å². The van der Waals surface area contributed by atoms with Crippen LogP contribution >= 0.6 is 0 Å². The van der Waals surface area contributed by atoms with Crippen LogP contribution in [-0.4, -0.2) is 26.7 Å². The normalized spacial score (nSPS) is 12.0. The molecule has 1 heterocycles. The molecule has 0 radical (unpaired) electrons. The molecule has 2 aromatic rings. The van der Waals surface area contributed by atoms with Crippen LogP contribution in [0.3, 0.4) is 0 Å². The van der Waals surface area contributed by atoms with Crippen LogP contribution in [0.5, 0.6) is 0 Å². The van der Waals surface area contributed by atoms with Crippen molar-refractivity contribution in [3.05, 3.63) is 56.4 Å². The molecule has 0 bridgehead atoms. The molecule has 0 saturated heterocycles. The second-order valence-corrected chi connectivity index (χ2v) is 6.17. The van der Waals surface area contributed by atoms with E-state index in [0.717, 1.165) is 17.0 Å². The number of hydrogen-bond acceptors (Lipinski definition) is 4. The zero-order valence-electron chi connectivity index (χ0n) is 14.6. The van der Waals surface area contributed by atoms with E-state index in [2.05, 4.69) is 10.4 Å². The summed E-state index contributed by atoms with van der Waals surface area (Å²) in [6, 6.07) is 4.28. The molecule has 0 aliphatic heterocycles. The number of nitrogens with one attached hydrogen (secondary N) is 1. The largest absolute Gasteiger partial charge is 0.349 e. The molecule has 1 aromatic carbocycles. The molecule has 0 aliphatic rings. The first kappa shape index (κ1) is 17.7. The molecule has 128 valence electrons. The molecule has 1 N–H and O–H groups in total. The number of aromatic nitrogens is 2. The predicted octanol–water partition coefficient (Wildman–Crippen LogP) is 2.61. The number of rotatable bonds is 5. The van der Waals surface area contributed by atoms with Crippen molar-refractivity contribution in [2.45, 2.75) is 40.2 Å². The number of carbonyl (C=O) groups excluding carboxylic acids is 1. The van der Waals surface area contributed by atoms with Gasteiger partial charge in [-0.15, -0.1) is 0 Å². The van der Waals surface area contributed by atoms with Crippen molar-refractivity contribution in [3.8, 4) is 0 Å². The van der Waals surface area contributed by atoms with E-state index in [1.807, 2.05) is 32.5 Å². The first-order valence-corrected chi connectivity index (χ1v) is 7.75. The molecule has 0 aliphatic carbocycles. The molecule has 0 saturated carbocycles. The summed E-state index contributed by atoms with van der Waals surface area (Å²) in [5, 5.41) is 18.2. The fraction of sp³-hybridized carbons (Fsp3) is 0.412. The van der Waals surface area contributed by atoms with Crippen LogP contribution in [0.25, 0.3) is 0 Å². The van der Waals surface area contributed by atoms with Crippen molar-refractivity contribution in [2.24, 2.45) is 7.05 Å². The Balaban J connectivity index is 2.13. The minimum absolute atomic E-state index is 0.0771. The number of nitro groups is 1. The third-order valence-electron chi connectivity index (χ3n) is 4.08. The summed E-state index contributed by atoms with van der Waals surface area (Å²) < 4.78 is 1.82. The summed E-state index contributed by atoms with van der Waals surface area (Å²) in [5.41, 5.74) is 4.03. The Hall–Kier alpha value is -2.70. The van der Waals surface area contributed by atoms with Crippen LogP contribution in [0.1, 0.15) is 39.8 Å². The van der Waals surface area contributed by atoms with Gasteiger partial charge in [0, 0.05) is 36.5 Å². The third kappa shape index (κ3) is 3.79. The standard InChI is InChI=1S/C17H22N4O3/c1-10-6-14(9-15(7-10)21(23)24)17(22)18-11(2)8-16-12(3)19-20(5)13(16)4/h6-7,9,11H,8H2,1-5H3,(H,18,22)/t11-/m0/s1. The SMILES string of the molecule is Cc1cc(C(=O)N[C@@H](C)Cc2c(C)nn(C)c2C)cc([N+](=O)[O-])c1. The molecule has 0 spiro atoms. The van der Waals surface area contributed by atoms with Gasteiger partial charge in [-0.25, -0.2) is 0 Å². The highest BCUT2D eigenvalue weighted by atomic mass is 16.6. The molecule has 7 heteroatoms. The lowest BCUT2D eigenvalue weighted by Gasteiger charge is -2.14. The molecular formula is C17H22N4O3. The zero-order chi connectivity index (χ0) is 18.0. The lowest BCUT2D eigenvalue weighted by molar-refractivity contribution is -0.384. The summed E-state index contributed by atoms with van der Waals surface area (Å²) >= 11 is 0. The summed E-state index contributed by atoms with van der Waals surface area (Å²) in [5.74, 6) is -0.312. The van der Waals surface area contributed by atoms with E-state index in [9.17, 15) is 14.9 Å². The van der Waals surface area contributed by atoms with Crippen molar-refractivity contribution >= 4 is 11.6 Å². The molecule has 1 aromatic heterocycles. The lowest BCUT2D eigenvalue weighted by Crippen LogP contribution is -2.34. The van der Waals surface area contributed by atoms with Gasteiger partial charge < -0.3 is 5.32 Å². The minimum atomic E-state index is -0.491. The highest BCUT2D eigenvalue weighted by molar-refractivity contribution is 5.95. The van der Waals surface area contributed by atoms with Gasteiger partial charge in [0.1, 0.15) is 0 Å². The van der Waals surface area contributed by atoms with E-state index in [4.69, 9.17) is 0 Å². The maximum atomic E-state index is 12.4. The van der Waals surface area contributed by atoms with Gasteiger partial charge in [0.05, 0.1) is 10.6 Å². The van der Waals surface area contributed by atoms with Crippen LogP contribution in [-0.2, 0) is 13.5 Å². The van der Waals surface area contributed by atoms with E-state index >= 15 is 0 Å². The molecule has 7 nitrogen and oxygen atoms in total. The Labute approximate surface area is 140 Å². The lowest BCUT2D eigenvalue weighted by atomic mass is 10.0. The fourth-order valence-corrected chi connectivity index (χ4v) is 2.78. The summed E-state index contributed by atoms with van der Waals surface area (Å²) in [7, 11) is 1.89. The predicted molar refractivity (Wildman–Crippen MR) is 91.1 cm³/mol. The van der Waals surface area contributed by atoms with Gasteiger partial charge in [0.2, 0.25) is 0 Å². The van der Waals surface area contributed by atoms with Gasteiger partial charge >= 0.3 is 0 Å². The first-order valence-electron chi connectivity index (χ1n) is 7.75. The average Bonchev–Trinajstić information content (AvgIpc) is 2.73. The Morgan fingerprint density at radius 3 is 2.54 bits per heavy atom. The molecule has 1 atom stereocenters. The second-order valence-electron chi connectivity index (χ2n) is 6.17. The van der Waals surface area contributed by atoms with Gasteiger partial charge in [0.25, 0.3) is 11.6 Å². The van der Waals surface area contributed by atoms with Gasteiger partial charge in [-0.3, -0.25) is 19.6 Å². The first-order chi connectivity index (χ1) is 11.2. The topological polar surface area (TPSA) is 90.1 Å². The van der Waals surface area contributed by atoms with Crippen molar-refractivity contribution in [1.29, 1.82) is 0 Å². The Morgan fingerprint density at radius 2 is 2.00 bits per heavy atom. The highest BCUT2D eigenvalue weighted by Crippen LogP contribution is 2.18. The molecule has 0 unspecified atom stereocenters. The Bertz CT molecular complexity index is 795. The minimum Gasteiger partial charge on any atom is -0.349 e. The molecule has 1 amide bonds. The third-order valence-corrected chi connectivity index (χ3v) is 4.08. The van der Waals surface area contributed by atoms with Crippen molar-refractivity contribution in [3.63, 3.8) is 0 Å². The van der Waals surface area contributed by atoms with Crippen molar-refractivity contribution < 1.29 is 9.72 Å². The summed E-state index contributed by atoms with van der Waals surface area (Å²) in [6.45, 7) is 7.58. The summed E-state index contributed by atoms with van der Waals surface area (Å²) in [6.07, 6.45) is 0.658. The second kappa shape index (κ2) is 6.82. The van der Waals surface area contributed by atoms with E-state index < -0.39 is 4.92 Å². The number of nitro benzene ring substituents is 1. The number of non-ortho nitro benzene ring substituents is 1. The molecular weight excluding hydrogens is 308 g/mol. The fourth-order valence-electron chi connectivity index (χ4n) is 2.78. The van der Waals surface area contributed by atoms with Crippen molar-refractivity contribution in [2.75, 3.05) is 0 Å². The van der Waals surface area contributed by atoms with Gasteiger partial charge in [-0.05, 0) is 51.3 Å². The number of amides is 1. The zero-order valence-corrected chi connectivity index (χ0v) is 14.6. The van der Waals surface area contributed by atoms with Gasteiger partial charge in [-0.1, -0.05) is 0 Å². The quantitative estimate of drug-likeness (QED) is 0.674. The number of carbonyl (C=O) groups is 1. The van der Waals surface area contributed by atoms with E-state index in [1.165, 1.54) is 12.1 Å². The molecule has 2 rings (SSSR count). The van der Waals surface area contributed by atoms with E-state index in [1.54, 1.807) is 13.0 Å².